The van der Waals surface area contributed by atoms with Crippen LogP contribution in [0.1, 0.15) is 49.3 Å². The number of carbonyl (C=O) groups excluding carboxylic acids is 2. The van der Waals surface area contributed by atoms with Gasteiger partial charge in [0.05, 0.1) is 0 Å². The number of piperidine rings is 2. The van der Waals surface area contributed by atoms with Crippen LogP contribution >= 0.6 is 0 Å². The molecule has 0 radical (unpaired) electrons. The van der Waals surface area contributed by atoms with Gasteiger partial charge in [-0.25, -0.2) is 0 Å². The first-order valence-corrected chi connectivity index (χ1v) is 12.7. The summed E-state index contributed by atoms with van der Waals surface area (Å²) in [7, 11) is 0. The molecule has 0 unspecified atom stereocenters. The van der Waals surface area contributed by atoms with Crippen molar-refractivity contribution < 1.29 is 9.59 Å². The van der Waals surface area contributed by atoms with Crippen molar-refractivity contribution in [1.82, 2.24) is 15.1 Å². The minimum absolute atomic E-state index is 0.0174. The fraction of sp³-hybridized carbons (Fsp3) is 0.448. The Morgan fingerprint density at radius 1 is 0.882 bits per heavy atom. The molecule has 0 saturated carbocycles. The summed E-state index contributed by atoms with van der Waals surface area (Å²) in [6.07, 6.45) is 7.44. The molecule has 0 aliphatic carbocycles. The van der Waals surface area contributed by atoms with Gasteiger partial charge < -0.3 is 10.2 Å². The minimum Gasteiger partial charge on any atom is -0.352 e. The molecule has 180 valence electrons. The fourth-order valence-electron chi connectivity index (χ4n) is 4.87. The van der Waals surface area contributed by atoms with Crippen molar-refractivity contribution in [2.45, 2.75) is 45.7 Å². The van der Waals surface area contributed by atoms with E-state index in [1.54, 1.807) is 6.08 Å². The summed E-state index contributed by atoms with van der Waals surface area (Å²) < 4.78 is 0. The predicted molar refractivity (Wildman–Crippen MR) is 137 cm³/mol. The lowest BCUT2D eigenvalue weighted by Gasteiger charge is -2.31. The van der Waals surface area contributed by atoms with E-state index >= 15 is 0 Å². The number of likely N-dealkylation sites (tertiary alicyclic amines) is 2. The molecular formula is C29H37N3O2. The maximum absolute atomic E-state index is 12.9. The highest BCUT2D eigenvalue weighted by atomic mass is 16.2. The van der Waals surface area contributed by atoms with Gasteiger partial charge in [0, 0.05) is 38.2 Å². The smallest absolute Gasteiger partial charge is 0.246 e. The van der Waals surface area contributed by atoms with Gasteiger partial charge in [0.2, 0.25) is 11.8 Å². The molecule has 5 nitrogen and oxygen atoms in total. The van der Waals surface area contributed by atoms with Crippen LogP contribution in [0.5, 0.6) is 0 Å². The third-order valence-electron chi connectivity index (χ3n) is 7.24. The van der Waals surface area contributed by atoms with Crippen LogP contribution in [-0.2, 0) is 22.7 Å². The van der Waals surface area contributed by atoms with E-state index in [0.717, 1.165) is 31.1 Å². The van der Waals surface area contributed by atoms with Gasteiger partial charge in [0.1, 0.15) is 0 Å². The molecule has 0 aromatic heterocycles. The van der Waals surface area contributed by atoms with E-state index in [9.17, 15) is 9.59 Å². The van der Waals surface area contributed by atoms with Crippen LogP contribution in [0.2, 0.25) is 0 Å². The van der Waals surface area contributed by atoms with Gasteiger partial charge >= 0.3 is 0 Å². The summed E-state index contributed by atoms with van der Waals surface area (Å²) in [5.74, 6) is 0.919. The third kappa shape index (κ3) is 6.80. The second-order valence-corrected chi connectivity index (χ2v) is 9.79. The molecular weight excluding hydrogens is 422 g/mol. The maximum atomic E-state index is 12.9. The number of hydrogen-bond donors (Lipinski definition) is 1. The zero-order valence-corrected chi connectivity index (χ0v) is 20.3. The number of nitrogens with one attached hydrogen (secondary N) is 1. The first kappa shape index (κ1) is 24.2. The highest BCUT2D eigenvalue weighted by Crippen LogP contribution is 2.21. The summed E-state index contributed by atoms with van der Waals surface area (Å²) in [4.78, 5) is 29.7. The summed E-state index contributed by atoms with van der Waals surface area (Å²) in [6, 6.07) is 18.3. The zero-order chi connectivity index (χ0) is 23.8. The van der Waals surface area contributed by atoms with Crippen molar-refractivity contribution in [3.8, 4) is 0 Å². The van der Waals surface area contributed by atoms with E-state index < -0.39 is 0 Å². The van der Waals surface area contributed by atoms with Crippen LogP contribution in [0, 0.1) is 11.8 Å². The van der Waals surface area contributed by atoms with E-state index in [4.69, 9.17) is 0 Å². The van der Waals surface area contributed by atoms with Gasteiger partial charge in [-0.3, -0.25) is 14.5 Å². The van der Waals surface area contributed by atoms with Crippen LogP contribution < -0.4 is 5.32 Å². The molecule has 2 saturated heterocycles. The molecule has 1 N–H and O–H groups in total. The van der Waals surface area contributed by atoms with E-state index in [-0.39, 0.29) is 17.7 Å². The van der Waals surface area contributed by atoms with E-state index in [1.165, 1.54) is 24.0 Å². The molecule has 0 bridgehead atoms. The molecule has 2 amide bonds. The number of benzene rings is 2. The van der Waals surface area contributed by atoms with Gasteiger partial charge in [-0.1, -0.05) is 61.5 Å². The van der Waals surface area contributed by atoms with Gasteiger partial charge in [-0.05, 0) is 67.5 Å². The topological polar surface area (TPSA) is 52.7 Å². The van der Waals surface area contributed by atoms with Crippen molar-refractivity contribution in [2.75, 3.05) is 26.2 Å². The average molecular weight is 460 g/mol. The molecule has 2 aliphatic heterocycles. The summed E-state index contributed by atoms with van der Waals surface area (Å²) in [5.41, 5.74) is 3.52. The Balaban J connectivity index is 1.23. The van der Waals surface area contributed by atoms with Crippen LogP contribution in [0.3, 0.4) is 0 Å². The molecule has 2 aromatic rings. The molecule has 2 aliphatic rings. The Morgan fingerprint density at radius 2 is 1.53 bits per heavy atom. The summed E-state index contributed by atoms with van der Waals surface area (Å²) in [6.45, 7) is 7.41. The number of nitrogens with zero attached hydrogens (tertiary/aromatic N) is 2. The zero-order valence-electron chi connectivity index (χ0n) is 20.3. The van der Waals surface area contributed by atoms with Crippen LogP contribution in [-0.4, -0.2) is 47.8 Å². The molecule has 34 heavy (non-hydrogen) atoms. The number of hydrogen-bond acceptors (Lipinski definition) is 3. The number of rotatable bonds is 7. The van der Waals surface area contributed by atoms with Crippen LogP contribution in [0.25, 0.3) is 6.08 Å². The minimum atomic E-state index is -0.0297. The van der Waals surface area contributed by atoms with Gasteiger partial charge in [-0.15, -0.1) is 0 Å². The normalized spacial score (nSPS) is 18.3. The highest BCUT2D eigenvalue weighted by molar-refractivity contribution is 5.92. The molecule has 0 spiro atoms. The standard InChI is InChI=1S/C29H37N3O2/c1-23-13-17-31(18-14-23)22-27-10-6-5-9-26(27)21-30-29(34)25-15-19-32(20-16-25)28(33)12-11-24-7-3-2-4-8-24/h2-12,23,25H,13-22H2,1H3,(H,30,34)/b12-11+. The molecule has 4 rings (SSSR count). The average Bonchev–Trinajstić information content (AvgIpc) is 2.88. The number of carbonyl (C=O) groups is 2. The first-order valence-electron chi connectivity index (χ1n) is 12.7. The molecule has 2 fully saturated rings. The van der Waals surface area contributed by atoms with E-state index in [2.05, 4.69) is 41.4 Å². The fourth-order valence-corrected chi connectivity index (χ4v) is 4.87. The van der Waals surface area contributed by atoms with E-state index in [1.807, 2.05) is 41.3 Å². The Hall–Kier alpha value is -2.92. The van der Waals surface area contributed by atoms with Crippen LogP contribution in [0.4, 0.5) is 0 Å². The lowest BCUT2D eigenvalue weighted by Crippen LogP contribution is -2.42. The third-order valence-corrected chi connectivity index (χ3v) is 7.24. The lowest BCUT2D eigenvalue weighted by atomic mass is 9.95. The highest BCUT2D eigenvalue weighted by Gasteiger charge is 2.26. The summed E-state index contributed by atoms with van der Waals surface area (Å²) >= 11 is 0. The number of amides is 2. The second-order valence-electron chi connectivity index (χ2n) is 9.79. The molecule has 2 aromatic carbocycles. The SMILES string of the molecule is CC1CCN(Cc2ccccc2CNC(=O)C2CCN(C(=O)/C=C/c3ccccc3)CC2)CC1. The van der Waals surface area contributed by atoms with Gasteiger partial charge in [-0.2, -0.15) is 0 Å². The predicted octanol–water partition coefficient (Wildman–Crippen LogP) is 4.49. The van der Waals surface area contributed by atoms with Crippen molar-refractivity contribution in [3.05, 3.63) is 77.4 Å². The van der Waals surface area contributed by atoms with Crippen molar-refractivity contribution >= 4 is 17.9 Å². The molecule has 2 heterocycles. The maximum Gasteiger partial charge on any atom is 0.246 e. The largest absolute Gasteiger partial charge is 0.352 e. The Morgan fingerprint density at radius 3 is 2.24 bits per heavy atom. The quantitative estimate of drug-likeness (QED) is 0.621. The Labute approximate surface area is 203 Å². The van der Waals surface area contributed by atoms with Crippen LogP contribution in [0.15, 0.2) is 60.7 Å². The van der Waals surface area contributed by atoms with Crippen molar-refractivity contribution in [1.29, 1.82) is 0 Å². The monoisotopic (exact) mass is 459 g/mol. The molecule has 0 atom stereocenters. The Bertz CT molecular complexity index is 972. The molecule has 5 heteroatoms. The summed E-state index contributed by atoms with van der Waals surface area (Å²) in [5, 5.41) is 3.17. The van der Waals surface area contributed by atoms with Gasteiger partial charge in [0.15, 0.2) is 0 Å². The Kier molecular flexibility index (Phi) is 8.53. The van der Waals surface area contributed by atoms with Crippen molar-refractivity contribution in [2.24, 2.45) is 11.8 Å². The van der Waals surface area contributed by atoms with Gasteiger partial charge in [0.25, 0.3) is 0 Å². The second kappa shape index (κ2) is 12.0. The first-order chi connectivity index (χ1) is 16.6. The van der Waals surface area contributed by atoms with E-state index in [0.29, 0.717) is 32.5 Å². The van der Waals surface area contributed by atoms with Crippen molar-refractivity contribution in [3.63, 3.8) is 0 Å². The lowest BCUT2D eigenvalue weighted by molar-refractivity contribution is -0.132.